The molecule has 1 amide bonds. The van der Waals surface area contributed by atoms with Crippen molar-refractivity contribution < 1.29 is 22.3 Å². The Bertz CT molecular complexity index is 1170. The molecule has 0 aliphatic rings. The number of nitrogens with one attached hydrogen (secondary N) is 2. The Morgan fingerprint density at radius 1 is 1.07 bits per heavy atom. The van der Waals surface area contributed by atoms with E-state index in [1.54, 1.807) is 12.1 Å². The van der Waals surface area contributed by atoms with Crippen LogP contribution in [0.5, 0.6) is 5.75 Å². The van der Waals surface area contributed by atoms with E-state index in [-0.39, 0.29) is 27.7 Å². The maximum Gasteiger partial charge on any atom is 0.261 e. The molecule has 0 radical (unpaired) electrons. The smallest absolute Gasteiger partial charge is 0.261 e. The van der Waals surface area contributed by atoms with Crippen molar-refractivity contribution in [1.29, 1.82) is 0 Å². The topological polar surface area (TPSA) is 84.5 Å². The van der Waals surface area contributed by atoms with E-state index in [1.807, 2.05) is 0 Å². The second kappa shape index (κ2) is 9.15. The average molecular weight is 449 g/mol. The molecule has 0 aliphatic heterocycles. The molecule has 0 bridgehead atoms. The Hall–Kier alpha value is -3.10. The fourth-order valence-electron chi connectivity index (χ4n) is 2.66. The first-order valence-corrected chi connectivity index (χ1v) is 10.6. The van der Waals surface area contributed by atoms with Gasteiger partial charge in [-0.3, -0.25) is 9.52 Å². The maximum absolute atomic E-state index is 13.3. The van der Waals surface area contributed by atoms with Crippen LogP contribution >= 0.6 is 11.6 Å². The van der Waals surface area contributed by atoms with Gasteiger partial charge in [0.1, 0.15) is 11.6 Å². The number of carbonyl (C=O) groups is 1. The van der Waals surface area contributed by atoms with Gasteiger partial charge in [-0.2, -0.15) is 0 Å². The van der Waals surface area contributed by atoms with Crippen molar-refractivity contribution in [3.8, 4) is 5.75 Å². The lowest BCUT2D eigenvalue weighted by Gasteiger charge is -2.12. The van der Waals surface area contributed by atoms with Crippen LogP contribution in [0.1, 0.15) is 15.9 Å². The molecule has 0 aromatic heterocycles. The van der Waals surface area contributed by atoms with Crippen LogP contribution in [0.2, 0.25) is 5.02 Å². The van der Waals surface area contributed by atoms with E-state index in [1.165, 1.54) is 61.7 Å². The molecule has 6 nitrogen and oxygen atoms in total. The van der Waals surface area contributed by atoms with E-state index < -0.39 is 21.7 Å². The number of hydrogen-bond donors (Lipinski definition) is 2. The molecule has 3 aromatic rings. The third-order valence-electron chi connectivity index (χ3n) is 4.18. The number of carbonyl (C=O) groups excluding carboxylic acids is 1. The summed E-state index contributed by atoms with van der Waals surface area (Å²) in [4.78, 5) is 12.5. The summed E-state index contributed by atoms with van der Waals surface area (Å²) in [6, 6.07) is 15.9. The van der Waals surface area contributed by atoms with Crippen LogP contribution in [0, 0.1) is 5.82 Å². The zero-order valence-corrected chi connectivity index (χ0v) is 17.4. The number of amides is 1. The Morgan fingerprint density at radius 3 is 2.47 bits per heavy atom. The van der Waals surface area contributed by atoms with Crippen LogP contribution in [0.15, 0.2) is 71.6 Å². The summed E-state index contributed by atoms with van der Waals surface area (Å²) in [6.45, 7) is 0.0920. The predicted octanol–water partition coefficient (Wildman–Crippen LogP) is 4.22. The molecule has 0 aliphatic carbocycles. The largest absolute Gasteiger partial charge is 0.497 e. The number of methoxy groups -OCH3 is 1. The number of anilines is 1. The Balaban J connectivity index is 1.76. The Labute approximate surface area is 178 Å². The van der Waals surface area contributed by atoms with E-state index in [2.05, 4.69) is 10.0 Å². The molecule has 30 heavy (non-hydrogen) atoms. The number of benzene rings is 3. The van der Waals surface area contributed by atoms with Gasteiger partial charge in [-0.1, -0.05) is 23.7 Å². The van der Waals surface area contributed by atoms with E-state index >= 15 is 0 Å². The standard InChI is InChI=1S/C21H18ClFN2O4S/c1-29-17-6-8-18(9-7-17)30(27,28)25-16-5-10-20(22)19(12-16)21(26)24-13-14-3-2-4-15(23)11-14/h2-12,25H,13H2,1H3,(H,24,26). The zero-order valence-electron chi connectivity index (χ0n) is 15.9. The van der Waals surface area contributed by atoms with E-state index in [9.17, 15) is 17.6 Å². The first-order chi connectivity index (χ1) is 14.3. The highest BCUT2D eigenvalue weighted by molar-refractivity contribution is 7.92. The molecule has 2 N–H and O–H groups in total. The molecule has 0 unspecified atom stereocenters. The van der Waals surface area contributed by atoms with Gasteiger partial charge in [0.15, 0.2) is 0 Å². The SMILES string of the molecule is COc1ccc(S(=O)(=O)Nc2ccc(Cl)c(C(=O)NCc3cccc(F)c3)c2)cc1. The van der Waals surface area contributed by atoms with Crippen molar-refractivity contribution in [3.63, 3.8) is 0 Å². The fraction of sp³-hybridized carbons (Fsp3) is 0.0952. The van der Waals surface area contributed by atoms with Gasteiger partial charge >= 0.3 is 0 Å². The molecule has 0 heterocycles. The lowest BCUT2D eigenvalue weighted by molar-refractivity contribution is 0.0951. The maximum atomic E-state index is 13.3. The van der Waals surface area contributed by atoms with E-state index in [4.69, 9.17) is 16.3 Å². The van der Waals surface area contributed by atoms with Gasteiger partial charge in [-0.15, -0.1) is 0 Å². The van der Waals surface area contributed by atoms with Crippen LogP contribution in [0.25, 0.3) is 0 Å². The van der Waals surface area contributed by atoms with Gasteiger partial charge in [0.2, 0.25) is 0 Å². The molecule has 9 heteroatoms. The number of halogens is 2. The van der Waals surface area contributed by atoms with Gasteiger partial charge in [0.05, 0.1) is 22.6 Å². The zero-order chi connectivity index (χ0) is 21.7. The summed E-state index contributed by atoms with van der Waals surface area (Å²) in [6.07, 6.45) is 0. The monoisotopic (exact) mass is 448 g/mol. The molecule has 0 fully saturated rings. The highest BCUT2D eigenvalue weighted by Crippen LogP contribution is 2.24. The highest BCUT2D eigenvalue weighted by Gasteiger charge is 2.17. The fourth-order valence-corrected chi connectivity index (χ4v) is 3.91. The summed E-state index contributed by atoms with van der Waals surface area (Å²) in [5.74, 6) is -0.401. The van der Waals surface area contributed by atoms with Crippen molar-refractivity contribution in [3.05, 3.63) is 88.7 Å². The molecule has 156 valence electrons. The van der Waals surface area contributed by atoms with Crippen molar-refractivity contribution in [1.82, 2.24) is 5.32 Å². The third kappa shape index (κ3) is 5.28. The summed E-state index contributed by atoms with van der Waals surface area (Å²) in [7, 11) is -2.39. The van der Waals surface area contributed by atoms with Gasteiger partial charge < -0.3 is 10.1 Å². The van der Waals surface area contributed by atoms with E-state index in [0.29, 0.717) is 11.3 Å². The summed E-state index contributed by atoms with van der Waals surface area (Å²) < 4.78 is 45.9. The summed E-state index contributed by atoms with van der Waals surface area (Å²) in [5.41, 5.74) is 0.838. The van der Waals surface area contributed by atoms with Crippen LogP contribution < -0.4 is 14.8 Å². The van der Waals surface area contributed by atoms with Gasteiger partial charge in [0, 0.05) is 12.2 Å². The normalized spacial score (nSPS) is 11.0. The van der Waals surface area contributed by atoms with Crippen molar-refractivity contribution >= 4 is 33.2 Å². The lowest BCUT2D eigenvalue weighted by atomic mass is 10.1. The minimum atomic E-state index is -3.88. The molecular weight excluding hydrogens is 431 g/mol. The third-order valence-corrected chi connectivity index (χ3v) is 5.90. The van der Waals surface area contributed by atoms with Gasteiger partial charge in [0.25, 0.3) is 15.9 Å². The molecule has 0 atom stereocenters. The first kappa shape index (κ1) is 21.6. The lowest BCUT2D eigenvalue weighted by Crippen LogP contribution is -2.23. The van der Waals surface area contributed by atoms with Crippen LogP contribution in [0.3, 0.4) is 0 Å². The van der Waals surface area contributed by atoms with E-state index in [0.717, 1.165) is 0 Å². The summed E-state index contributed by atoms with van der Waals surface area (Å²) >= 11 is 6.11. The quantitative estimate of drug-likeness (QED) is 0.566. The number of hydrogen-bond acceptors (Lipinski definition) is 4. The second-order valence-electron chi connectivity index (χ2n) is 6.29. The van der Waals surface area contributed by atoms with Crippen molar-refractivity contribution in [2.45, 2.75) is 11.4 Å². The molecule has 0 spiro atoms. The van der Waals surface area contributed by atoms with Crippen LogP contribution in [-0.4, -0.2) is 21.4 Å². The molecule has 0 saturated carbocycles. The van der Waals surface area contributed by atoms with Gasteiger partial charge in [-0.05, 0) is 60.2 Å². The van der Waals surface area contributed by atoms with Crippen molar-refractivity contribution in [2.24, 2.45) is 0 Å². The van der Waals surface area contributed by atoms with Crippen molar-refractivity contribution in [2.75, 3.05) is 11.8 Å². The Kier molecular flexibility index (Phi) is 6.59. The number of ether oxygens (including phenoxy) is 1. The summed E-state index contributed by atoms with van der Waals surface area (Å²) in [5, 5.41) is 2.79. The first-order valence-electron chi connectivity index (χ1n) is 8.77. The average Bonchev–Trinajstić information content (AvgIpc) is 2.73. The minimum absolute atomic E-state index is 0.0374. The molecule has 3 aromatic carbocycles. The minimum Gasteiger partial charge on any atom is -0.497 e. The molecular formula is C21H18ClFN2O4S. The number of sulfonamides is 1. The predicted molar refractivity (Wildman–Crippen MR) is 113 cm³/mol. The Morgan fingerprint density at radius 2 is 1.80 bits per heavy atom. The molecule has 0 saturated heterocycles. The second-order valence-corrected chi connectivity index (χ2v) is 8.38. The highest BCUT2D eigenvalue weighted by atomic mass is 35.5. The number of rotatable bonds is 7. The van der Waals surface area contributed by atoms with Crippen LogP contribution in [-0.2, 0) is 16.6 Å². The van der Waals surface area contributed by atoms with Gasteiger partial charge in [-0.25, -0.2) is 12.8 Å². The molecule has 3 rings (SSSR count). The van der Waals surface area contributed by atoms with Crippen LogP contribution in [0.4, 0.5) is 10.1 Å².